The summed E-state index contributed by atoms with van der Waals surface area (Å²) in [4.78, 5) is 26.1. The van der Waals surface area contributed by atoms with E-state index in [4.69, 9.17) is 0 Å². The zero-order valence-electron chi connectivity index (χ0n) is 15.5. The molecular formula is C20H22FN3O3. The van der Waals surface area contributed by atoms with E-state index in [0.29, 0.717) is 24.3 Å². The third-order valence-corrected chi connectivity index (χ3v) is 5.81. The van der Waals surface area contributed by atoms with Crippen molar-refractivity contribution in [3.05, 3.63) is 46.5 Å². The van der Waals surface area contributed by atoms with Gasteiger partial charge >= 0.3 is 5.97 Å². The first-order valence-corrected chi connectivity index (χ1v) is 9.21. The predicted octanol–water partition coefficient (Wildman–Crippen LogP) is 2.75. The Balaban J connectivity index is 1.74. The molecule has 7 heteroatoms. The molecule has 2 aliphatic rings. The molecule has 27 heavy (non-hydrogen) atoms. The molecule has 2 heterocycles. The van der Waals surface area contributed by atoms with Crippen LogP contribution in [-0.2, 0) is 17.6 Å². The molecular weight excluding hydrogens is 349 g/mol. The number of rotatable bonds is 3. The molecule has 0 saturated carbocycles. The van der Waals surface area contributed by atoms with E-state index >= 15 is 0 Å². The van der Waals surface area contributed by atoms with E-state index in [1.54, 1.807) is 22.6 Å². The summed E-state index contributed by atoms with van der Waals surface area (Å²) in [6.07, 6.45) is 2.79. The van der Waals surface area contributed by atoms with Gasteiger partial charge in [-0.1, -0.05) is 12.1 Å². The lowest BCUT2D eigenvalue weighted by Gasteiger charge is -2.19. The minimum atomic E-state index is -0.927. The van der Waals surface area contributed by atoms with Gasteiger partial charge in [0.1, 0.15) is 11.5 Å². The van der Waals surface area contributed by atoms with Crippen LogP contribution in [0.2, 0.25) is 0 Å². The Kier molecular flexibility index (Phi) is 4.05. The van der Waals surface area contributed by atoms with Crippen molar-refractivity contribution in [3.63, 3.8) is 0 Å². The quantitative estimate of drug-likeness (QED) is 0.900. The van der Waals surface area contributed by atoms with Crippen LogP contribution in [-0.4, -0.2) is 44.8 Å². The van der Waals surface area contributed by atoms with Gasteiger partial charge in [-0.3, -0.25) is 9.59 Å². The fourth-order valence-electron chi connectivity index (χ4n) is 4.14. The number of carbonyl (C=O) groups is 2. The van der Waals surface area contributed by atoms with Gasteiger partial charge in [-0.2, -0.15) is 5.10 Å². The van der Waals surface area contributed by atoms with E-state index in [0.717, 1.165) is 36.1 Å². The van der Waals surface area contributed by atoms with E-state index in [1.807, 2.05) is 13.0 Å². The Morgan fingerprint density at radius 1 is 1.30 bits per heavy atom. The van der Waals surface area contributed by atoms with Crippen LogP contribution in [0.4, 0.5) is 4.39 Å². The first-order valence-electron chi connectivity index (χ1n) is 9.21. The Morgan fingerprint density at radius 2 is 2.07 bits per heavy atom. The van der Waals surface area contributed by atoms with Crippen molar-refractivity contribution in [3.8, 4) is 5.69 Å². The third kappa shape index (κ3) is 2.72. The monoisotopic (exact) mass is 371 g/mol. The fourth-order valence-corrected chi connectivity index (χ4v) is 4.14. The van der Waals surface area contributed by atoms with E-state index in [1.165, 1.54) is 6.07 Å². The van der Waals surface area contributed by atoms with Gasteiger partial charge in [-0.05, 0) is 51.2 Å². The van der Waals surface area contributed by atoms with E-state index in [9.17, 15) is 19.1 Å². The van der Waals surface area contributed by atoms with Crippen LogP contribution in [0.25, 0.3) is 5.69 Å². The van der Waals surface area contributed by atoms with Crippen LogP contribution in [0.15, 0.2) is 18.2 Å². The second-order valence-electron chi connectivity index (χ2n) is 7.79. The van der Waals surface area contributed by atoms with E-state index in [2.05, 4.69) is 5.10 Å². The highest BCUT2D eigenvalue weighted by molar-refractivity contribution is 5.95. The number of likely N-dealkylation sites (tertiary alicyclic amines) is 1. The summed E-state index contributed by atoms with van der Waals surface area (Å²) in [6.45, 7) is 4.04. The second-order valence-corrected chi connectivity index (χ2v) is 7.79. The number of para-hydroxylation sites is 1. The molecule has 6 nitrogen and oxygen atoms in total. The first kappa shape index (κ1) is 17.7. The number of hydrogen-bond acceptors (Lipinski definition) is 3. The molecule has 0 spiro atoms. The average Bonchev–Trinajstić information content (AvgIpc) is 3.30. The summed E-state index contributed by atoms with van der Waals surface area (Å²) < 4.78 is 16.1. The van der Waals surface area contributed by atoms with Crippen LogP contribution in [0, 0.1) is 18.2 Å². The molecule has 1 fully saturated rings. The van der Waals surface area contributed by atoms with Crippen LogP contribution in [0.5, 0.6) is 0 Å². The number of halogens is 1. The standard InChI is InChI=1S/C20H22FN3O3/c1-12-5-3-7-14(21)17(12)24-15-8-4-6-13(15)16(22-24)18(25)23-10-9-20(2,11-23)19(26)27/h3,5,7H,4,6,8-11H2,1-2H3,(H,26,27). The molecule has 1 aromatic carbocycles. The topological polar surface area (TPSA) is 75.4 Å². The smallest absolute Gasteiger partial charge is 0.311 e. The third-order valence-electron chi connectivity index (χ3n) is 5.81. The number of aryl methyl sites for hydroxylation is 1. The van der Waals surface area contributed by atoms with E-state index in [-0.39, 0.29) is 18.3 Å². The Labute approximate surface area is 156 Å². The number of benzene rings is 1. The number of nitrogens with zero attached hydrogens (tertiary/aromatic N) is 3. The molecule has 1 aliphatic heterocycles. The van der Waals surface area contributed by atoms with E-state index < -0.39 is 11.4 Å². The van der Waals surface area contributed by atoms with Crippen molar-refractivity contribution in [2.24, 2.45) is 5.41 Å². The summed E-state index contributed by atoms with van der Waals surface area (Å²) in [5, 5.41) is 13.9. The molecule has 1 unspecified atom stereocenters. The minimum Gasteiger partial charge on any atom is -0.481 e. The number of carboxylic acid groups (broad SMARTS) is 1. The highest BCUT2D eigenvalue weighted by Crippen LogP contribution is 2.34. The number of carbonyl (C=O) groups excluding carboxylic acids is 1. The summed E-state index contributed by atoms with van der Waals surface area (Å²) in [7, 11) is 0. The summed E-state index contributed by atoms with van der Waals surface area (Å²) in [5.74, 6) is -1.52. The molecule has 1 N–H and O–H groups in total. The molecule has 1 saturated heterocycles. The molecule has 142 valence electrons. The molecule has 4 rings (SSSR count). The number of fused-ring (bicyclic) bond motifs is 1. The maximum atomic E-state index is 14.5. The molecule has 0 radical (unpaired) electrons. The highest BCUT2D eigenvalue weighted by atomic mass is 19.1. The largest absolute Gasteiger partial charge is 0.481 e. The molecule has 1 aromatic heterocycles. The van der Waals surface area contributed by atoms with Crippen LogP contribution in [0.3, 0.4) is 0 Å². The number of aliphatic carboxylic acids is 1. The number of amides is 1. The molecule has 2 aromatic rings. The molecule has 1 atom stereocenters. The van der Waals surface area contributed by atoms with Crippen molar-refractivity contribution < 1.29 is 19.1 Å². The van der Waals surface area contributed by atoms with Gasteiger partial charge in [0.2, 0.25) is 0 Å². The van der Waals surface area contributed by atoms with Gasteiger partial charge in [-0.25, -0.2) is 9.07 Å². The van der Waals surface area contributed by atoms with Crippen LogP contribution in [0.1, 0.15) is 47.1 Å². The van der Waals surface area contributed by atoms with Gasteiger partial charge in [0.05, 0.1) is 5.41 Å². The first-order chi connectivity index (χ1) is 12.8. The predicted molar refractivity (Wildman–Crippen MR) is 96.5 cm³/mol. The maximum Gasteiger partial charge on any atom is 0.311 e. The van der Waals surface area contributed by atoms with Crippen LogP contribution >= 0.6 is 0 Å². The Hall–Kier alpha value is -2.70. The highest BCUT2D eigenvalue weighted by Gasteiger charge is 2.43. The van der Waals surface area contributed by atoms with Gasteiger partial charge in [0.25, 0.3) is 5.91 Å². The van der Waals surface area contributed by atoms with Crippen molar-refractivity contribution in [2.45, 2.75) is 39.5 Å². The number of carboxylic acids is 1. The van der Waals surface area contributed by atoms with Crippen molar-refractivity contribution in [2.75, 3.05) is 13.1 Å². The lowest BCUT2D eigenvalue weighted by Crippen LogP contribution is -2.35. The van der Waals surface area contributed by atoms with Gasteiger partial charge in [0.15, 0.2) is 5.69 Å². The van der Waals surface area contributed by atoms with Gasteiger partial charge in [-0.15, -0.1) is 0 Å². The molecule has 1 aliphatic carbocycles. The average molecular weight is 371 g/mol. The van der Waals surface area contributed by atoms with Crippen molar-refractivity contribution in [1.29, 1.82) is 0 Å². The number of hydrogen-bond donors (Lipinski definition) is 1. The summed E-state index contributed by atoms with van der Waals surface area (Å²) in [5.41, 5.74) is 2.29. The fraction of sp³-hybridized carbons (Fsp3) is 0.450. The Morgan fingerprint density at radius 3 is 2.74 bits per heavy atom. The van der Waals surface area contributed by atoms with Gasteiger partial charge < -0.3 is 10.0 Å². The van der Waals surface area contributed by atoms with Gasteiger partial charge in [0, 0.05) is 24.3 Å². The SMILES string of the molecule is Cc1cccc(F)c1-n1nc(C(=O)N2CCC(C)(C(=O)O)C2)c2c1CCC2. The maximum absolute atomic E-state index is 14.5. The normalized spacial score (nSPS) is 21.5. The second kappa shape index (κ2) is 6.18. The van der Waals surface area contributed by atoms with Crippen LogP contribution < -0.4 is 0 Å². The Bertz CT molecular complexity index is 932. The van der Waals surface area contributed by atoms with Crippen molar-refractivity contribution in [1.82, 2.24) is 14.7 Å². The number of aromatic nitrogens is 2. The lowest BCUT2D eigenvalue weighted by molar-refractivity contribution is -0.147. The molecule has 0 bridgehead atoms. The lowest BCUT2D eigenvalue weighted by atomic mass is 9.90. The zero-order chi connectivity index (χ0) is 19.3. The summed E-state index contributed by atoms with van der Waals surface area (Å²) in [6, 6.07) is 4.87. The minimum absolute atomic E-state index is 0.168. The molecule has 1 amide bonds. The zero-order valence-corrected chi connectivity index (χ0v) is 15.5. The van der Waals surface area contributed by atoms with Crippen molar-refractivity contribution >= 4 is 11.9 Å². The summed E-state index contributed by atoms with van der Waals surface area (Å²) >= 11 is 0.